The van der Waals surface area contributed by atoms with Crippen molar-refractivity contribution in [2.45, 2.75) is 13.0 Å². The third kappa shape index (κ3) is 4.43. The summed E-state index contributed by atoms with van der Waals surface area (Å²) in [7, 11) is 1.55. The van der Waals surface area contributed by atoms with Crippen molar-refractivity contribution < 1.29 is 14.3 Å². The van der Waals surface area contributed by atoms with Crippen molar-refractivity contribution in [1.29, 1.82) is 5.26 Å². The Morgan fingerprint density at radius 1 is 1.58 bits per heavy atom. The van der Waals surface area contributed by atoms with Gasteiger partial charge in [-0.05, 0) is 19.1 Å². The van der Waals surface area contributed by atoms with E-state index in [1.165, 1.54) is 0 Å². The van der Waals surface area contributed by atoms with Gasteiger partial charge in [0.25, 0.3) is 5.91 Å². The summed E-state index contributed by atoms with van der Waals surface area (Å²) in [6.45, 7) is 2.44. The smallest absolute Gasteiger partial charge is 0.260 e. The van der Waals surface area contributed by atoms with Crippen LogP contribution in [0.25, 0.3) is 0 Å². The van der Waals surface area contributed by atoms with Crippen LogP contribution in [0.3, 0.4) is 0 Å². The number of halogens is 1. The number of amides is 1. The number of rotatable bonds is 6. The minimum Gasteiger partial charge on any atom is -0.479 e. The number of methoxy groups -OCH3 is 1. The Labute approximate surface area is 117 Å². The largest absolute Gasteiger partial charge is 0.479 e. The minimum atomic E-state index is -0.720. The van der Waals surface area contributed by atoms with Crippen LogP contribution in [0.2, 0.25) is 5.02 Å². The van der Waals surface area contributed by atoms with E-state index < -0.39 is 6.10 Å². The highest BCUT2D eigenvalue weighted by Gasteiger charge is 2.17. The zero-order valence-corrected chi connectivity index (χ0v) is 11.5. The van der Waals surface area contributed by atoms with Gasteiger partial charge in [-0.3, -0.25) is 4.79 Å². The Bertz CT molecular complexity index is 485. The van der Waals surface area contributed by atoms with Crippen molar-refractivity contribution in [2.24, 2.45) is 0 Å². The number of carbonyl (C=O) groups is 1. The minimum absolute atomic E-state index is 0.223. The second-order valence-corrected chi connectivity index (χ2v) is 4.18. The van der Waals surface area contributed by atoms with Gasteiger partial charge in [0.1, 0.15) is 17.4 Å². The van der Waals surface area contributed by atoms with Crippen LogP contribution in [0.5, 0.6) is 5.75 Å². The molecular formula is C13H15ClN2O3. The molecule has 1 atom stereocenters. The molecule has 0 aliphatic carbocycles. The standard InChI is InChI=1S/C13H15ClN2O3/c1-9(13(17)16-6-7-18-2)19-12-5-3-4-11(14)10(12)8-15/h3-5,9H,6-7H2,1-2H3,(H,16,17). The summed E-state index contributed by atoms with van der Waals surface area (Å²) in [5.74, 6) is 0.0188. The molecule has 0 aliphatic rings. The van der Waals surface area contributed by atoms with E-state index >= 15 is 0 Å². The van der Waals surface area contributed by atoms with E-state index in [1.54, 1.807) is 32.2 Å². The number of nitrogens with one attached hydrogen (secondary N) is 1. The number of hydrogen-bond donors (Lipinski definition) is 1. The van der Waals surface area contributed by atoms with Gasteiger partial charge in [0.15, 0.2) is 6.10 Å². The molecule has 19 heavy (non-hydrogen) atoms. The predicted octanol–water partition coefficient (Wildman–Crippen LogP) is 1.74. The average Bonchev–Trinajstić information content (AvgIpc) is 2.39. The first kappa shape index (κ1) is 15.3. The molecule has 6 heteroatoms. The summed E-state index contributed by atoms with van der Waals surface area (Å²) >= 11 is 5.88. The fourth-order valence-corrected chi connectivity index (χ4v) is 1.58. The average molecular weight is 283 g/mol. The SMILES string of the molecule is COCCNC(=O)C(C)Oc1cccc(Cl)c1C#N. The number of nitrogens with zero attached hydrogens (tertiary/aromatic N) is 1. The van der Waals surface area contributed by atoms with E-state index in [1.807, 2.05) is 6.07 Å². The molecule has 0 radical (unpaired) electrons. The molecule has 0 saturated heterocycles. The number of benzene rings is 1. The topological polar surface area (TPSA) is 71.3 Å². The van der Waals surface area contributed by atoms with Crippen LogP contribution in [0.15, 0.2) is 18.2 Å². The van der Waals surface area contributed by atoms with Crippen LogP contribution < -0.4 is 10.1 Å². The molecule has 0 bridgehead atoms. The third-order valence-corrected chi connectivity index (χ3v) is 2.68. The van der Waals surface area contributed by atoms with E-state index in [-0.39, 0.29) is 11.5 Å². The number of nitriles is 1. The summed E-state index contributed by atoms with van der Waals surface area (Å²) in [4.78, 5) is 11.7. The zero-order chi connectivity index (χ0) is 14.3. The number of ether oxygens (including phenoxy) is 2. The molecule has 0 saturated carbocycles. The Morgan fingerprint density at radius 3 is 2.95 bits per heavy atom. The van der Waals surface area contributed by atoms with E-state index in [0.29, 0.717) is 23.9 Å². The molecule has 0 fully saturated rings. The maximum absolute atomic E-state index is 11.7. The lowest BCUT2D eigenvalue weighted by Gasteiger charge is -2.15. The summed E-state index contributed by atoms with van der Waals surface area (Å²) in [5.41, 5.74) is 0.223. The molecular weight excluding hydrogens is 268 g/mol. The molecule has 0 spiro atoms. The predicted molar refractivity (Wildman–Crippen MR) is 71.1 cm³/mol. The summed E-state index contributed by atoms with van der Waals surface area (Å²) in [6.07, 6.45) is -0.720. The van der Waals surface area contributed by atoms with Crippen molar-refractivity contribution in [2.75, 3.05) is 20.3 Å². The molecule has 1 amide bonds. The van der Waals surface area contributed by atoms with Crippen LogP contribution >= 0.6 is 11.6 Å². The van der Waals surface area contributed by atoms with Crippen molar-refractivity contribution in [1.82, 2.24) is 5.32 Å². The normalized spacial score (nSPS) is 11.5. The van der Waals surface area contributed by atoms with Gasteiger partial charge < -0.3 is 14.8 Å². The van der Waals surface area contributed by atoms with Crippen molar-refractivity contribution in [3.8, 4) is 11.8 Å². The maximum atomic E-state index is 11.7. The van der Waals surface area contributed by atoms with Gasteiger partial charge in [-0.15, -0.1) is 0 Å². The lowest BCUT2D eigenvalue weighted by Crippen LogP contribution is -2.38. The van der Waals surface area contributed by atoms with E-state index in [4.69, 9.17) is 26.3 Å². The molecule has 102 valence electrons. The molecule has 1 aromatic rings. The summed E-state index contributed by atoms with van der Waals surface area (Å²) in [6, 6.07) is 6.81. The Kier molecular flexibility index (Phi) is 6.13. The van der Waals surface area contributed by atoms with Crippen LogP contribution in [0.1, 0.15) is 12.5 Å². The van der Waals surface area contributed by atoms with Crippen LogP contribution in [-0.2, 0) is 9.53 Å². The molecule has 1 aromatic carbocycles. The van der Waals surface area contributed by atoms with Gasteiger partial charge in [-0.25, -0.2) is 0 Å². The van der Waals surface area contributed by atoms with Gasteiger partial charge in [0.2, 0.25) is 0 Å². The van der Waals surface area contributed by atoms with Crippen molar-refractivity contribution in [3.63, 3.8) is 0 Å². The molecule has 5 nitrogen and oxygen atoms in total. The Hall–Kier alpha value is -1.77. The van der Waals surface area contributed by atoms with Gasteiger partial charge in [-0.2, -0.15) is 5.26 Å². The highest BCUT2D eigenvalue weighted by atomic mass is 35.5. The van der Waals surface area contributed by atoms with E-state index in [0.717, 1.165) is 0 Å². The molecule has 1 unspecified atom stereocenters. The molecule has 0 heterocycles. The highest BCUT2D eigenvalue weighted by molar-refractivity contribution is 6.31. The summed E-state index contributed by atoms with van der Waals surface area (Å²) < 4.78 is 10.3. The third-order valence-electron chi connectivity index (χ3n) is 2.37. The fourth-order valence-electron chi connectivity index (χ4n) is 1.38. The Morgan fingerprint density at radius 2 is 2.32 bits per heavy atom. The van der Waals surface area contributed by atoms with Crippen molar-refractivity contribution in [3.05, 3.63) is 28.8 Å². The van der Waals surface area contributed by atoms with Gasteiger partial charge in [0, 0.05) is 13.7 Å². The van der Waals surface area contributed by atoms with Gasteiger partial charge >= 0.3 is 0 Å². The highest BCUT2D eigenvalue weighted by Crippen LogP contribution is 2.26. The van der Waals surface area contributed by atoms with Gasteiger partial charge in [0.05, 0.1) is 11.6 Å². The van der Waals surface area contributed by atoms with Crippen LogP contribution in [0.4, 0.5) is 0 Å². The first-order chi connectivity index (χ1) is 9.10. The second-order valence-electron chi connectivity index (χ2n) is 3.77. The van der Waals surface area contributed by atoms with E-state index in [2.05, 4.69) is 5.32 Å². The Balaban J connectivity index is 2.67. The molecule has 1 rings (SSSR count). The first-order valence-corrected chi connectivity index (χ1v) is 6.10. The molecule has 0 aliphatic heterocycles. The van der Waals surface area contributed by atoms with Crippen LogP contribution in [-0.4, -0.2) is 32.3 Å². The lowest BCUT2D eigenvalue weighted by atomic mass is 10.2. The zero-order valence-electron chi connectivity index (χ0n) is 10.8. The van der Waals surface area contributed by atoms with Gasteiger partial charge in [-0.1, -0.05) is 17.7 Å². The van der Waals surface area contributed by atoms with Crippen LogP contribution in [0, 0.1) is 11.3 Å². The van der Waals surface area contributed by atoms with Crippen molar-refractivity contribution >= 4 is 17.5 Å². The number of carbonyl (C=O) groups excluding carboxylic acids is 1. The maximum Gasteiger partial charge on any atom is 0.260 e. The summed E-state index contributed by atoms with van der Waals surface area (Å²) in [5, 5.41) is 11.9. The quantitative estimate of drug-likeness (QED) is 0.807. The van der Waals surface area contributed by atoms with E-state index in [9.17, 15) is 4.79 Å². The fraction of sp³-hybridized carbons (Fsp3) is 0.385. The molecule has 0 aromatic heterocycles. The first-order valence-electron chi connectivity index (χ1n) is 5.72. The molecule has 1 N–H and O–H groups in total. The second kappa shape index (κ2) is 7.62. The monoisotopic (exact) mass is 282 g/mol. The number of hydrogen-bond acceptors (Lipinski definition) is 4. The lowest BCUT2D eigenvalue weighted by molar-refractivity contribution is -0.127.